The van der Waals surface area contributed by atoms with E-state index in [1.165, 1.54) is 11.1 Å². The third kappa shape index (κ3) is 5.78. The summed E-state index contributed by atoms with van der Waals surface area (Å²) in [6.07, 6.45) is 0.818. The van der Waals surface area contributed by atoms with Crippen LogP contribution in [0.1, 0.15) is 33.8 Å². The fraction of sp³-hybridized carbons (Fsp3) is 0.125. The van der Waals surface area contributed by atoms with Crippen LogP contribution in [0.25, 0.3) is 22.5 Å². The van der Waals surface area contributed by atoms with Gasteiger partial charge in [-0.2, -0.15) is 5.10 Å². The van der Waals surface area contributed by atoms with Gasteiger partial charge in [-0.05, 0) is 53.4 Å². The van der Waals surface area contributed by atoms with Gasteiger partial charge in [0.2, 0.25) is 0 Å². The molecule has 0 bridgehead atoms. The molecule has 0 saturated carbocycles. The standard InChI is InChI=1S/C32H29N3O2/c1-37-28-14-8-13-27(21-28)31-22-30(34-35-31)25-15-17-26(18-16-25)32(36)33-20-19-29(23-9-4-2-5-10-23)24-11-6-3-7-12-24/h2-18,21-22,29H,19-20H2,1H3,(H,33,36)(H,34,35). The van der Waals surface area contributed by atoms with Crippen LogP contribution in [0.3, 0.4) is 0 Å². The van der Waals surface area contributed by atoms with E-state index in [0.717, 1.165) is 34.7 Å². The molecule has 5 nitrogen and oxygen atoms in total. The minimum atomic E-state index is -0.0758. The zero-order chi connectivity index (χ0) is 25.5. The average Bonchev–Trinajstić information content (AvgIpc) is 3.47. The first-order chi connectivity index (χ1) is 18.2. The third-order valence-corrected chi connectivity index (χ3v) is 6.52. The molecule has 1 aromatic heterocycles. The van der Waals surface area contributed by atoms with Crippen molar-refractivity contribution < 1.29 is 9.53 Å². The van der Waals surface area contributed by atoms with Crippen LogP contribution in [-0.2, 0) is 0 Å². The van der Waals surface area contributed by atoms with Gasteiger partial charge in [0.05, 0.1) is 18.5 Å². The maximum absolute atomic E-state index is 12.9. The summed E-state index contributed by atoms with van der Waals surface area (Å²) in [6, 6.07) is 38.3. The zero-order valence-corrected chi connectivity index (χ0v) is 20.7. The second-order valence-corrected chi connectivity index (χ2v) is 8.89. The van der Waals surface area contributed by atoms with E-state index in [-0.39, 0.29) is 11.8 Å². The molecule has 1 heterocycles. The van der Waals surface area contributed by atoms with Crippen LogP contribution in [-0.4, -0.2) is 29.8 Å². The van der Waals surface area contributed by atoms with E-state index in [2.05, 4.69) is 64.0 Å². The normalized spacial score (nSPS) is 10.9. The van der Waals surface area contributed by atoms with Gasteiger partial charge in [0.25, 0.3) is 5.91 Å². The first kappa shape index (κ1) is 24.1. The molecule has 0 fully saturated rings. The van der Waals surface area contributed by atoms with E-state index >= 15 is 0 Å². The monoisotopic (exact) mass is 487 g/mol. The number of nitrogens with one attached hydrogen (secondary N) is 2. The van der Waals surface area contributed by atoms with E-state index in [0.29, 0.717) is 12.1 Å². The number of amides is 1. The number of aromatic nitrogens is 2. The predicted molar refractivity (Wildman–Crippen MR) is 148 cm³/mol. The first-order valence-electron chi connectivity index (χ1n) is 12.4. The van der Waals surface area contributed by atoms with Crippen molar-refractivity contribution in [3.63, 3.8) is 0 Å². The average molecular weight is 488 g/mol. The van der Waals surface area contributed by atoms with Crippen LogP contribution in [0.4, 0.5) is 0 Å². The molecule has 0 aliphatic rings. The lowest BCUT2D eigenvalue weighted by Gasteiger charge is -2.18. The second-order valence-electron chi connectivity index (χ2n) is 8.89. The Morgan fingerprint density at radius 1 is 0.811 bits per heavy atom. The van der Waals surface area contributed by atoms with Gasteiger partial charge in [0, 0.05) is 23.6 Å². The molecule has 0 spiro atoms. The first-order valence-corrected chi connectivity index (χ1v) is 12.4. The van der Waals surface area contributed by atoms with Crippen molar-refractivity contribution in [2.75, 3.05) is 13.7 Å². The van der Waals surface area contributed by atoms with Gasteiger partial charge in [-0.3, -0.25) is 9.89 Å². The highest BCUT2D eigenvalue weighted by atomic mass is 16.5. The van der Waals surface area contributed by atoms with Crippen molar-refractivity contribution in [1.82, 2.24) is 15.5 Å². The van der Waals surface area contributed by atoms with Gasteiger partial charge >= 0.3 is 0 Å². The van der Waals surface area contributed by atoms with E-state index in [1.807, 2.05) is 66.7 Å². The molecule has 5 aromatic rings. The summed E-state index contributed by atoms with van der Waals surface area (Å²) in [5, 5.41) is 10.6. The van der Waals surface area contributed by atoms with Gasteiger partial charge in [-0.1, -0.05) is 84.9 Å². The lowest BCUT2D eigenvalue weighted by atomic mass is 9.88. The van der Waals surface area contributed by atoms with Crippen LogP contribution >= 0.6 is 0 Å². The highest BCUT2D eigenvalue weighted by Gasteiger charge is 2.15. The number of benzene rings is 4. The van der Waals surface area contributed by atoms with Gasteiger partial charge < -0.3 is 10.1 Å². The number of aromatic amines is 1. The largest absolute Gasteiger partial charge is 0.497 e. The molecule has 0 aliphatic heterocycles. The fourth-order valence-corrected chi connectivity index (χ4v) is 4.53. The lowest BCUT2D eigenvalue weighted by Crippen LogP contribution is -2.25. The summed E-state index contributed by atoms with van der Waals surface area (Å²) in [5.74, 6) is 0.939. The Hall–Kier alpha value is -4.64. The minimum Gasteiger partial charge on any atom is -0.497 e. The van der Waals surface area contributed by atoms with Crippen LogP contribution in [0, 0.1) is 0 Å². The van der Waals surface area contributed by atoms with Crippen molar-refractivity contribution in [3.05, 3.63) is 132 Å². The smallest absolute Gasteiger partial charge is 0.251 e. The number of hydrogen-bond donors (Lipinski definition) is 2. The molecule has 0 saturated heterocycles. The number of hydrogen-bond acceptors (Lipinski definition) is 3. The Balaban J connectivity index is 1.22. The van der Waals surface area contributed by atoms with Crippen LogP contribution < -0.4 is 10.1 Å². The topological polar surface area (TPSA) is 67.0 Å². The number of methoxy groups -OCH3 is 1. The second kappa shape index (κ2) is 11.4. The summed E-state index contributed by atoms with van der Waals surface area (Å²) < 4.78 is 5.31. The molecular weight excluding hydrogens is 458 g/mol. The number of nitrogens with zero attached hydrogens (tertiary/aromatic N) is 1. The number of carbonyl (C=O) groups is 1. The van der Waals surface area contributed by atoms with Crippen molar-refractivity contribution in [2.24, 2.45) is 0 Å². The quantitative estimate of drug-likeness (QED) is 0.243. The maximum atomic E-state index is 12.9. The highest BCUT2D eigenvalue weighted by molar-refractivity contribution is 5.94. The SMILES string of the molecule is COc1cccc(-c2cc(-c3ccc(C(=O)NCCC(c4ccccc4)c4ccccc4)cc3)[nH]n2)c1. The maximum Gasteiger partial charge on any atom is 0.251 e. The Morgan fingerprint density at radius 2 is 1.49 bits per heavy atom. The van der Waals surface area contributed by atoms with Gasteiger partial charge in [-0.15, -0.1) is 0 Å². The van der Waals surface area contributed by atoms with Gasteiger partial charge in [0.1, 0.15) is 5.75 Å². The van der Waals surface area contributed by atoms with Crippen LogP contribution in [0.5, 0.6) is 5.75 Å². The predicted octanol–water partition coefficient (Wildman–Crippen LogP) is 6.70. The summed E-state index contributed by atoms with van der Waals surface area (Å²) >= 11 is 0. The molecule has 0 unspecified atom stereocenters. The van der Waals surface area contributed by atoms with Crippen molar-refractivity contribution >= 4 is 5.91 Å². The fourth-order valence-electron chi connectivity index (χ4n) is 4.53. The number of rotatable bonds is 9. The Bertz CT molecular complexity index is 1410. The Labute approximate surface area is 217 Å². The zero-order valence-electron chi connectivity index (χ0n) is 20.7. The Morgan fingerprint density at radius 3 is 2.14 bits per heavy atom. The molecule has 37 heavy (non-hydrogen) atoms. The van der Waals surface area contributed by atoms with Crippen molar-refractivity contribution in [1.29, 1.82) is 0 Å². The molecule has 184 valence electrons. The summed E-state index contributed by atoms with van der Waals surface area (Å²) in [7, 11) is 1.65. The number of carbonyl (C=O) groups excluding carboxylic acids is 1. The van der Waals surface area contributed by atoms with E-state index in [4.69, 9.17) is 4.74 Å². The van der Waals surface area contributed by atoms with E-state index in [9.17, 15) is 4.79 Å². The molecule has 0 aliphatic carbocycles. The molecule has 5 heteroatoms. The Kier molecular flexibility index (Phi) is 7.42. The lowest BCUT2D eigenvalue weighted by molar-refractivity contribution is 0.0953. The molecule has 4 aromatic carbocycles. The third-order valence-electron chi connectivity index (χ3n) is 6.52. The molecule has 5 rings (SSSR count). The van der Waals surface area contributed by atoms with Crippen molar-refractivity contribution in [3.8, 4) is 28.3 Å². The molecule has 2 N–H and O–H groups in total. The highest BCUT2D eigenvalue weighted by Crippen LogP contribution is 2.28. The van der Waals surface area contributed by atoms with Gasteiger partial charge in [-0.25, -0.2) is 0 Å². The van der Waals surface area contributed by atoms with Gasteiger partial charge in [0.15, 0.2) is 0 Å². The van der Waals surface area contributed by atoms with Crippen LogP contribution in [0.2, 0.25) is 0 Å². The minimum absolute atomic E-state index is 0.0758. The van der Waals surface area contributed by atoms with Crippen LogP contribution in [0.15, 0.2) is 115 Å². The molecular formula is C32H29N3O2. The van der Waals surface area contributed by atoms with E-state index in [1.54, 1.807) is 7.11 Å². The van der Waals surface area contributed by atoms with Crippen molar-refractivity contribution in [2.45, 2.75) is 12.3 Å². The number of H-pyrrole nitrogens is 1. The number of ether oxygens (including phenoxy) is 1. The summed E-state index contributed by atoms with van der Waals surface area (Å²) in [6.45, 7) is 0.583. The molecule has 0 radical (unpaired) electrons. The molecule has 0 atom stereocenters. The summed E-state index contributed by atoms with van der Waals surface area (Å²) in [5.41, 5.74) is 6.79. The molecule has 1 amide bonds. The van der Waals surface area contributed by atoms with E-state index < -0.39 is 0 Å². The summed E-state index contributed by atoms with van der Waals surface area (Å²) in [4.78, 5) is 12.9.